The molecular weight excluding hydrogens is 150 g/mol. The summed E-state index contributed by atoms with van der Waals surface area (Å²) in [4.78, 5) is 4.06. The zero-order valence-corrected chi connectivity index (χ0v) is 6.73. The summed E-state index contributed by atoms with van der Waals surface area (Å²) in [6, 6.07) is 10.6. The molecule has 1 radical (unpaired) electrons. The van der Waals surface area contributed by atoms with E-state index in [1.807, 2.05) is 18.2 Å². The topological polar surface area (TPSA) is 21.6 Å². The minimum atomic E-state index is 0.271. The third-order valence-corrected chi connectivity index (χ3v) is 1.89. The second-order valence-corrected chi connectivity index (χ2v) is 2.87. The smallest absolute Gasteiger partial charge is 0.273 e. The molecule has 0 aliphatic carbocycles. The number of ether oxygens (including phenoxy) is 1. The second-order valence-electron chi connectivity index (χ2n) is 2.87. The molecule has 0 fully saturated rings. The fourth-order valence-electron chi connectivity index (χ4n) is 1.27. The molecule has 0 spiro atoms. The minimum Gasteiger partial charge on any atom is -0.472 e. The molecule has 0 saturated carbocycles. The Hall–Kier alpha value is -1.31. The Bertz CT molecular complexity index is 268. The van der Waals surface area contributed by atoms with Gasteiger partial charge in [0.05, 0.1) is 6.04 Å². The van der Waals surface area contributed by atoms with Crippen molar-refractivity contribution >= 4 is 6.40 Å². The van der Waals surface area contributed by atoms with Crippen LogP contribution in [0.3, 0.4) is 0 Å². The third kappa shape index (κ3) is 1.64. The van der Waals surface area contributed by atoms with Crippen LogP contribution in [0.2, 0.25) is 0 Å². The van der Waals surface area contributed by atoms with Gasteiger partial charge < -0.3 is 4.74 Å². The van der Waals surface area contributed by atoms with Gasteiger partial charge in [0.25, 0.3) is 6.40 Å². The number of benzene rings is 1. The summed E-state index contributed by atoms with van der Waals surface area (Å²) in [5.41, 5.74) is 1.30. The molecular formula is C10H10NO. The van der Waals surface area contributed by atoms with Crippen molar-refractivity contribution in [1.29, 1.82) is 0 Å². The Morgan fingerprint density at radius 3 is 2.92 bits per heavy atom. The van der Waals surface area contributed by atoms with Crippen molar-refractivity contribution in [3.63, 3.8) is 0 Å². The molecule has 0 amide bonds. The summed E-state index contributed by atoms with van der Waals surface area (Å²) in [6.07, 6.45) is 3.47. The Kier molecular flexibility index (Phi) is 2.08. The SMILES string of the molecule is [C]1=NC(Cc2ccccc2)CO1. The maximum Gasteiger partial charge on any atom is 0.273 e. The van der Waals surface area contributed by atoms with E-state index in [1.54, 1.807) is 0 Å². The first-order valence-electron chi connectivity index (χ1n) is 4.06. The summed E-state index contributed by atoms with van der Waals surface area (Å²) in [6.45, 7) is 0.675. The molecule has 1 aliphatic heterocycles. The molecule has 1 unspecified atom stereocenters. The van der Waals surface area contributed by atoms with E-state index in [2.05, 4.69) is 23.5 Å². The molecule has 61 valence electrons. The van der Waals surface area contributed by atoms with Crippen LogP contribution < -0.4 is 0 Å². The highest BCUT2D eigenvalue weighted by atomic mass is 16.5. The molecule has 2 nitrogen and oxygen atoms in total. The highest BCUT2D eigenvalue weighted by Gasteiger charge is 2.12. The normalized spacial score (nSPS) is 20.8. The van der Waals surface area contributed by atoms with E-state index in [-0.39, 0.29) is 6.04 Å². The number of aliphatic imine (C=N–C) groups is 1. The molecule has 2 rings (SSSR count). The van der Waals surface area contributed by atoms with E-state index in [9.17, 15) is 0 Å². The van der Waals surface area contributed by atoms with Crippen LogP contribution in [0.25, 0.3) is 0 Å². The minimum absolute atomic E-state index is 0.271. The van der Waals surface area contributed by atoms with Crippen molar-refractivity contribution in [2.45, 2.75) is 12.5 Å². The number of rotatable bonds is 2. The lowest BCUT2D eigenvalue weighted by Gasteiger charge is -2.03. The van der Waals surface area contributed by atoms with Crippen LogP contribution in [0.4, 0.5) is 0 Å². The van der Waals surface area contributed by atoms with E-state index in [4.69, 9.17) is 4.74 Å². The molecule has 0 bridgehead atoms. The van der Waals surface area contributed by atoms with Crippen LogP contribution in [-0.2, 0) is 11.2 Å². The number of hydrogen-bond acceptors (Lipinski definition) is 2. The van der Waals surface area contributed by atoms with Gasteiger partial charge in [-0.3, -0.25) is 0 Å². The van der Waals surface area contributed by atoms with Crippen molar-refractivity contribution in [3.8, 4) is 0 Å². The Morgan fingerprint density at radius 1 is 1.42 bits per heavy atom. The fraction of sp³-hybridized carbons (Fsp3) is 0.300. The van der Waals surface area contributed by atoms with E-state index >= 15 is 0 Å². The van der Waals surface area contributed by atoms with Crippen molar-refractivity contribution in [2.24, 2.45) is 4.99 Å². The first-order chi connectivity index (χ1) is 5.95. The van der Waals surface area contributed by atoms with Gasteiger partial charge >= 0.3 is 0 Å². The van der Waals surface area contributed by atoms with Crippen LogP contribution in [0.15, 0.2) is 35.3 Å². The van der Waals surface area contributed by atoms with Crippen LogP contribution >= 0.6 is 0 Å². The summed E-state index contributed by atoms with van der Waals surface area (Å²) >= 11 is 0. The van der Waals surface area contributed by atoms with Crippen molar-refractivity contribution in [2.75, 3.05) is 6.61 Å². The van der Waals surface area contributed by atoms with Crippen molar-refractivity contribution < 1.29 is 4.74 Å². The van der Waals surface area contributed by atoms with Gasteiger partial charge in [-0.25, -0.2) is 4.99 Å². The summed E-state index contributed by atoms with van der Waals surface area (Å²) in [5.74, 6) is 0. The van der Waals surface area contributed by atoms with Crippen molar-refractivity contribution in [3.05, 3.63) is 35.9 Å². The molecule has 1 aromatic carbocycles. The molecule has 0 aromatic heterocycles. The predicted molar refractivity (Wildman–Crippen MR) is 47.3 cm³/mol. The van der Waals surface area contributed by atoms with Gasteiger partial charge in [0, 0.05) is 0 Å². The Morgan fingerprint density at radius 2 is 2.25 bits per heavy atom. The zero-order valence-electron chi connectivity index (χ0n) is 6.73. The van der Waals surface area contributed by atoms with Crippen molar-refractivity contribution in [1.82, 2.24) is 0 Å². The van der Waals surface area contributed by atoms with Crippen LogP contribution in [-0.4, -0.2) is 19.0 Å². The Balaban J connectivity index is 1.99. The number of hydrogen-bond donors (Lipinski definition) is 0. The molecule has 0 saturated heterocycles. The first-order valence-corrected chi connectivity index (χ1v) is 4.06. The van der Waals surface area contributed by atoms with E-state index in [0.717, 1.165) is 6.42 Å². The number of nitrogens with zero attached hydrogens (tertiary/aromatic N) is 1. The average Bonchev–Trinajstić information content (AvgIpc) is 2.59. The predicted octanol–water partition coefficient (Wildman–Crippen LogP) is 1.53. The monoisotopic (exact) mass is 160 g/mol. The van der Waals surface area contributed by atoms with Crippen LogP contribution in [0.5, 0.6) is 0 Å². The molecule has 12 heavy (non-hydrogen) atoms. The summed E-state index contributed by atoms with van der Waals surface area (Å²) in [7, 11) is 0. The quantitative estimate of drug-likeness (QED) is 0.643. The summed E-state index contributed by atoms with van der Waals surface area (Å²) in [5, 5.41) is 0. The lowest BCUT2D eigenvalue weighted by molar-refractivity contribution is 0.327. The third-order valence-electron chi connectivity index (χ3n) is 1.89. The highest BCUT2D eigenvalue weighted by molar-refractivity contribution is 5.49. The molecule has 1 heterocycles. The van der Waals surface area contributed by atoms with E-state index in [0.29, 0.717) is 6.61 Å². The molecule has 0 N–H and O–H groups in total. The fourth-order valence-corrected chi connectivity index (χ4v) is 1.27. The van der Waals surface area contributed by atoms with Crippen LogP contribution in [0, 0.1) is 0 Å². The summed E-state index contributed by atoms with van der Waals surface area (Å²) < 4.78 is 4.91. The molecule has 2 heteroatoms. The lowest BCUT2D eigenvalue weighted by Crippen LogP contribution is -2.09. The first kappa shape index (κ1) is 7.35. The maximum atomic E-state index is 4.91. The van der Waals surface area contributed by atoms with Gasteiger partial charge in [-0.1, -0.05) is 30.3 Å². The highest BCUT2D eigenvalue weighted by Crippen LogP contribution is 2.08. The van der Waals surface area contributed by atoms with Crippen LogP contribution in [0.1, 0.15) is 5.56 Å². The average molecular weight is 160 g/mol. The molecule has 1 atom stereocenters. The van der Waals surface area contributed by atoms with Gasteiger partial charge in [-0.15, -0.1) is 0 Å². The van der Waals surface area contributed by atoms with Gasteiger partial charge in [-0.2, -0.15) is 0 Å². The van der Waals surface area contributed by atoms with E-state index in [1.165, 1.54) is 5.56 Å². The van der Waals surface area contributed by atoms with Gasteiger partial charge in [0.1, 0.15) is 6.61 Å². The molecule has 1 aromatic rings. The Labute approximate surface area is 71.9 Å². The van der Waals surface area contributed by atoms with Gasteiger partial charge in [0.15, 0.2) is 0 Å². The largest absolute Gasteiger partial charge is 0.472 e. The van der Waals surface area contributed by atoms with Gasteiger partial charge in [-0.05, 0) is 12.0 Å². The second kappa shape index (κ2) is 3.39. The zero-order chi connectivity index (χ0) is 8.23. The lowest BCUT2D eigenvalue weighted by atomic mass is 10.1. The maximum absolute atomic E-state index is 4.91. The molecule has 1 aliphatic rings. The standard InChI is InChI=1S/C10H10NO/c1-2-4-9(5-3-1)6-10-7-12-8-11-10/h1-5,10H,6-7H2. The van der Waals surface area contributed by atoms with Gasteiger partial charge in [0.2, 0.25) is 0 Å². The van der Waals surface area contributed by atoms with E-state index < -0.39 is 0 Å².